The van der Waals surface area contributed by atoms with E-state index in [1.54, 1.807) is 22.8 Å². The maximum Gasteiger partial charge on any atom is 0.416 e. The summed E-state index contributed by atoms with van der Waals surface area (Å²) in [6.07, 6.45) is -4.66. The topological polar surface area (TPSA) is 53.0 Å². The van der Waals surface area contributed by atoms with Gasteiger partial charge in [-0.3, -0.25) is 4.79 Å². The van der Waals surface area contributed by atoms with Gasteiger partial charge in [0.25, 0.3) is 0 Å². The van der Waals surface area contributed by atoms with E-state index in [2.05, 4.69) is 0 Å². The molecule has 1 fully saturated rings. The first-order valence-electron chi connectivity index (χ1n) is 8.13. The number of methoxy groups -OCH3 is 1. The van der Waals surface area contributed by atoms with E-state index in [0.717, 1.165) is 12.1 Å². The highest BCUT2D eigenvalue weighted by atomic mass is 19.4. The Labute approximate surface area is 145 Å². The predicted molar refractivity (Wildman–Crippen MR) is 87.3 cm³/mol. The van der Waals surface area contributed by atoms with E-state index in [1.807, 2.05) is 0 Å². The summed E-state index contributed by atoms with van der Waals surface area (Å²) in [4.78, 5) is 15.8. The number of ether oxygens (including phenoxy) is 1. The van der Waals surface area contributed by atoms with Gasteiger partial charge in [-0.25, -0.2) is 0 Å². The minimum atomic E-state index is -4.41. The molecule has 1 aliphatic rings. The van der Waals surface area contributed by atoms with Crippen LogP contribution < -0.4 is 4.90 Å². The van der Waals surface area contributed by atoms with Crippen molar-refractivity contribution in [1.82, 2.24) is 4.90 Å². The standard InChI is InChI=1S/C17H23F3N2O3/c1-12-16(24)21(7-6-15(23)11-25-2)8-9-22(12)14-5-3-4-13(10-14)17(18,19)20/h3-5,10,12,15,23H,6-9,11H2,1-2H3. The zero-order chi connectivity index (χ0) is 18.6. The number of amides is 1. The molecule has 1 aliphatic heterocycles. The lowest BCUT2D eigenvalue weighted by atomic mass is 10.1. The Morgan fingerprint density at radius 2 is 2.08 bits per heavy atom. The number of carbonyl (C=O) groups excluding carboxylic acids is 1. The van der Waals surface area contributed by atoms with Crippen molar-refractivity contribution < 1.29 is 27.8 Å². The van der Waals surface area contributed by atoms with Crippen molar-refractivity contribution in [3.8, 4) is 0 Å². The van der Waals surface area contributed by atoms with Gasteiger partial charge in [-0.15, -0.1) is 0 Å². The van der Waals surface area contributed by atoms with E-state index < -0.39 is 23.9 Å². The maximum absolute atomic E-state index is 12.9. The lowest BCUT2D eigenvalue weighted by Gasteiger charge is -2.40. The smallest absolute Gasteiger partial charge is 0.391 e. The number of hydrogen-bond acceptors (Lipinski definition) is 4. The molecule has 2 rings (SSSR count). The Morgan fingerprint density at radius 1 is 1.36 bits per heavy atom. The molecular weight excluding hydrogens is 337 g/mol. The first-order chi connectivity index (χ1) is 11.7. The number of nitrogens with zero attached hydrogens (tertiary/aromatic N) is 2. The first-order valence-corrected chi connectivity index (χ1v) is 8.13. The SMILES string of the molecule is COCC(O)CCN1CCN(c2cccc(C(F)(F)F)c2)C(C)C1=O. The Kier molecular flexibility index (Phi) is 6.29. The zero-order valence-corrected chi connectivity index (χ0v) is 14.3. The monoisotopic (exact) mass is 360 g/mol. The molecule has 1 aromatic rings. The summed E-state index contributed by atoms with van der Waals surface area (Å²) in [5, 5.41) is 9.69. The number of aliphatic hydroxyl groups is 1. The van der Waals surface area contributed by atoms with Crippen LogP contribution in [0.5, 0.6) is 0 Å². The summed E-state index contributed by atoms with van der Waals surface area (Å²) in [7, 11) is 1.49. The number of aliphatic hydroxyl groups excluding tert-OH is 1. The normalized spacial score (nSPS) is 20.1. The van der Waals surface area contributed by atoms with E-state index in [4.69, 9.17) is 4.74 Å². The summed E-state index contributed by atoms with van der Waals surface area (Å²) < 4.78 is 43.5. The van der Waals surface area contributed by atoms with E-state index in [9.17, 15) is 23.1 Å². The van der Waals surface area contributed by atoms with Crippen LogP contribution in [-0.2, 0) is 15.7 Å². The lowest BCUT2D eigenvalue weighted by molar-refractivity contribution is -0.137. The third kappa shape index (κ3) is 4.85. The van der Waals surface area contributed by atoms with Crippen LogP contribution in [0.4, 0.5) is 18.9 Å². The molecular formula is C17H23F3N2O3. The molecule has 2 atom stereocenters. The fourth-order valence-electron chi connectivity index (χ4n) is 2.95. The summed E-state index contributed by atoms with van der Waals surface area (Å²) in [5.74, 6) is -0.159. The molecule has 5 nitrogen and oxygen atoms in total. The van der Waals surface area contributed by atoms with Crippen molar-refractivity contribution >= 4 is 11.6 Å². The molecule has 1 aromatic carbocycles. The average molecular weight is 360 g/mol. The number of anilines is 1. The van der Waals surface area contributed by atoms with Gasteiger partial charge in [0, 0.05) is 32.4 Å². The highest BCUT2D eigenvalue weighted by molar-refractivity contribution is 5.86. The minimum absolute atomic E-state index is 0.159. The van der Waals surface area contributed by atoms with Crippen molar-refractivity contribution in [2.45, 2.75) is 31.7 Å². The van der Waals surface area contributed by atoms with Crippen LogP contribution in [0.25, 0.3) is 0 Å². The average Bonchev–Trinajstić information content (AvgIpc) is 2.56. The molecule has 1 N–H and O–H groups in total. The third-order valence-electron chi connectivity index (χ3n) is 4.34. The third-order valence-corrected chi connectivity index (χ3v) is 4.34. The Hall–Kier alpha value is -1.80. The van der Waals surface area contributed by atoms with Gasteiger partial charge in [-0.05, 0) is 31.5 Å². The number of hydrogen-bond donors (Lipinski definition) is 1. The molecule has 8 heteroatoms. The van der Waals surface area contributed by atoms with Gasteiger partial charge in [-0.1, -0.05) is 6.07 Å². The molecule has 0 aliphatic carbocycles. The van der Waals surface area contributed by atoms with Crippen LogP contribution in [0, 0.1) is 0 Å². The fourth-order valence-corrected chi connectivity index (χ4v) is 2.95. The summed E-state index contributed by atoms with van der Waals surface area (Å²) >= 11 is 0. The molecule has 140 valence electrons. The van der Waals surface area contributed by atoms with Crippen LogP contribution in [0.1, 0.15) is 18.9 Å². The molecule has 1 saturated heterocycles. The molecule has 0 aromatic heterocycles. The Morgan fingerprint density at radius 3 is 2.72 bits per heavy atom. The van der Waals surface area contributed by atoms with E-state index >= 15 is 0 Å². The van der Waals surface area contributed by atoms with Gasteiger partial charge in [0.15, 0.2) is 0 Å². The van der Waals surface area contributed by atoms with Crippen molar-refractivity contribution in [2.24, 2.45) is 0 Å². The van der Waals surface area contributed by atoms with E-state index in [1.165, 1.54) is 13.2 Å². The molecule has 0 bridgehead atoms. The highest BCUT2D eigenvalue weighted by Crippen LogP contribution is 2.32. The summed E-state index contributed by atoms with van der Waals surface area (Å²) in [6.45, 7) is 3.12. The Balaban J connectivity index is 2.04. The number of alkyl halides is 3. The van der Waals surface area contributed by atoms with Crippen LogP contribution in [0.3, 0.4) is 0 Å². The fraction of sp³-hybridized carbons (Fsp3) is 0.588. The van der Waals surface area contributed by atoms with Gasteiger partial charge >= 0.3 is 6.18 Å². The maximum atomic E-state index is 12.9. The number of halogens is 3. The molecule has 25 heavy (non-hydrogen) atoms. The molecule has 0 saturated carbocycles. The van der Waals surface area contributed by atoms with E-state index in [-0.39, 0.29) is 12.5 Å². The summed E-state index contributed by atoms with van der Waals surface area (Å²) in [5.41, 5.74) is -0.343. The van der Waals surface area contributed by atoms with Gasteiger partial charge in [0.05, 0.1) is 18.3 Å². The van der Waals surface area contributed by atoms with Crippen molar-refractivity contribution in [2.75, 3.05) is 38.3 Å². The Bertz CT molecular complexity index is 595. The van der Waals surface area contributed by atoms with Gasteiger partial charge in [0.2, 0.25) is 5.91 Å². The zero-order valence-electron chi connectivity index (χ0n) is 14.3. The van der Waals surface area contributed by atoms with Crippen LogP contribution >= 0.6 is 0 Å². The van der Waals surface area contributed by atoms with Crippen LogP contribution in [0.15, 0.2) is 24.3 Å². The molecule has 0 radical (unpaired) electrons. The number of benzene rings is 1. The summed E-state index contributed by atoms with van der Waals surface area (Å²) in [6, 6.07) is 4.46. The molecule has 1 heterocycles. The lowest BCUT2D eigenvalue weighted by Crippen LogP contribution is -2.56. The largest absolute Gasteiger partial charge is 0.416 e. The molecule has 2 unspecified atom stereocenters. The van der Waals surface area contributed by atoms with Crippen molar-refractivity contribution in [3.63, 3.8) is 0 Å². The van der Waals surface area contributed by atoms with Gasteiger partial charge in [0.1, 0.15) is 6.04 Å². The van der Waals surface area contributed by atoms with Gasteiger partial charge < -0.3 is 19.6 Å². The second kappa shape index (κ2) is 8.05. The van der Waals surface area contributed by atoms with Crippen molar-refractivity contribution in [1.29, 1.82) is 0 Å². The van der Waals surface area contributed by atoms with Crippen molar-refractivity contribution in [3.05, 3.63) is 29.8 Å². The highest BCUT2D eigenvalue weighted by Gasteiger charge is 2.34. The number of piperazine rings is 1. The number of carbonyl (C=O) groups is 1. The van der Waals surface area contributed by atoms with E-state index in [0.29, 0.717) is 31.7 Å². The van der Waals surface area contributed by atoms with Crippen LogP contribution in [-0.4, -0.2) is 61.4 Å². The second-order valence-corrected chi connectivity index (χ2v) is 6.14. The number of rotatable bonds is 6. The minimum Gasteiger partial charge on any atom is -0.391 e. The molecule has 1 amide bonds. The quantitative estimate of drug-likeness (QED) is 0.845. The van der Waals surface area contributed by atoms with Crippen LogP contribution in [0.2, 0.25) is 0 Å². The predicted octanol–water partition coefficient (Wildman–Crippen LogP) is 2.14. The first kappa shape index (κ1) is 19.5. The molecule has 0 spiro atoms. The van der Waals surface area contributed by atoms with Gasteiger partial charge in [-0.2, -0.15) is 13.2 Å². The second-order valence-electron chi connectivity index (χ2n) is 6.14.